The summed E-state index contributed by atoms with van der Waals surface area (Å²) < 4.78 is 11.1. The molecule has 0 bridgehead atoms. The highest BCUT2D eigenvalue weighted by Gasteiger charge is 2.20. The summed E-state index contributed by atoms with van der Waals surface area (Å²) in [7, 11) is 0. The second-order valence-corrected chi connectivity index (χ2v) is 4.86. The third-order valence-electron chi connectivity index (χ3n) is 3.39. The van der Waals surface area contributed by atoms with Gasteiger partial charge in [-0.05, 0) is 50.3 Å². The van der Waals surface area contributed by atoms with Crippen LogP contribution in [0.2, 0.25) is 0 Å². The fourth-order valence-corrected chi connectivity index (χ4v) is 2.27. The maximum atomic E-state index is 10.9. The van der Waals surface area contributed by atoms with Crippen molar-refractivity contribution in [3.05, 3.63) is 23.8 Å². The van der Waals surface area contributed by atoms with Crippen LogP contribution in [0.25, 0.3) is 0 Å². The van der Waals surface area contributed by atoms with Gasteiger partial charge in [0.2, 0.25) is 0 Å². The molecule has 0 saturated carbocycles. The van der Waals surface area contributed by atoms with Crippen molar-refractivity contribution in [1.29, 1.82) is 0 Å². The van der Waals surface area contributed by atoms with E-state index in [-0.39, 0.29) is 5.92 Å². The van der Waals surface area contributed by atoms with Gasteiger partial charge >= 0.3 is 5.97 Å². The van der Waals surface area contributed by atoms with E-state index in [1.807, 2.05) is 39.0 Å². The SMILES string of the molecule is CCOc1ccc(C(CC)CC(N)C(=O)O)cc1OCC. The number of hydrogen-bond acceptors (Lipinski definition) is 4. The molecule has 2 atom stereocenters. The molecule has 0 spiro atoms. The molecule has 0 aromatic heterocycles. The van der Waals surface area contributed by atoms with Crippen LogP contribution in [0.4, 0.5) is 0 Å². The Labute approximate surface area is 126 Å². The third-order valence-corrected chi connectivity index (χ3v) is 3.39. The summed E-state index contributed by atoms with van der Waals surface area (Å²) in [6.45, 7) is 6.98. The number of carboxylic acid groups (broad SMARTS) is 1. The first-order valence-electron chi connectivity index (χ1n) is 7.41. The van der Waals surface area contributed by atoms with E-state index in [2.05, 4.69) is 0 Å². The van der Waals surface area contributed by atoms with Crippen LogP contribution in [-0.4, -0.2) is 30.3 Å². The zero-order chi connectivity index (χ0) is 15.8. The fourth-order valence-electron chi connectivity index (χ4n) is 2.27. The van der Waals surface area contributed by atoms with Crippen molar-refractivity contribution in [3.8, 4) is 11.5 Å². The zero-order valence-electron chi connectivity index (χ0n) is 13.0. The molecule has 0 heterocycles. The largest absolute Gasteiger partial charge is 0.490 e. The molecule has 0 aliphatic carbocycles. The van der Waals surface area contributed by atoms with Crippen LogP contribution < -0.4 is 15.2 Å². The molecular formula is C16H25NO4. The third kappa shape index (κ3) is 4.93. The Bertz CT molecular complexity index is 462. The van der Waals surface area contributed by atoms with Crippen molar-refractivity contribution in [1.82, 2.24) is 0 Å². The lowest BCUT2D eigenvalue weighted by atomic mass is 9.90. The molecule has 1 aromatic carbocycles. The Morgan fingerprint density at radius 1 is 1.19 bits per heavy atom. The number of rotatable bonds is 9. The molecule has 5 heteroatoms. The first-order chi connectivity index (χ1) is 10.0. The van der Waals surface area contributed by atoms with E-state index in [0.717, 1.165) is 12.0 Å². The zero-order valence-corrected chi connectivity index (χ0v) is 13.0. The lowest BCUT2D eigenvalue weighted by molar-refractivity contribution is -0.138. The molecule has 0 saturated heterocycles. The quantitative estimate of drug-likeness (QED) is 0.732. The maximum Gasteiger partial charge on any atom is 0.320 e. The maximum absolute atomic E-state index is 10.9. The summed E-state index contributed by atoms with van der Waals surface area (Å²) in [6.07, 6.45) is 1.23. The predicted octanol–water partition coefficient (Wildman–Crippen LogP) is 2.78. The summed E-state index contributed by atoms with van der Waals surface area (Å²) in [5, 5.41) is 8.96. The number of benzene rings is 1. The highest BCUT2D eigenvalue weighted by atomic mass is 16.5. The van der Waals surface area contributed by atoms with Crippen LogP contribution in [0.5, 0.6) is 11.5 Å². The monoisotopic (exact) mass is 295 g/mol. The van der Waals surface area contributed by atoms with Crippen molar-refractivity contribution in [2.75, 3.05) is 13.2 Å². The minimum atomic E-state index is -0.968. The Morgan fingerprint density at radius 3 is 2.33 bits per heavy atom. The van der Waals surface area contributed by atoms with E-state index in [4.69, 9.17) is 20.3 Å². The first kappa shape index (κ1) is 17.3. The number of aliphatic carboxylic acids is 1. The summed E-state index contributed by atoms with van der Waals surface area (Å²) >= 11 is 0. The average molecular weight is 295 g/mol. The number of nitrogens with two attached hydrogens (primary N) is 1. The molecule has 1 rings (SSSR count). The van der Waals surface area contributed by atoms with Crippen molar-refractivity contribution < 1.29 is 19.4 Å². The summed E-state index contributed by atoms with van der Waals surface area (Å²) in [5.41, 5.74) is 6.68. The summed E-state index contributed by atoms with van der Waals surface area (Å²) in [6, 6.07) is 4.91. The minimum Gasteiger partial charge on any atom is -0.490 e. The van der Waals surface area contributed by atoms with Crippen LogP contribution in [-0.2, 0) is 4.79 Å². The van der Waals surface area contributed by atoms with Gasteiger partial charge in [0.1, 0.15) is 6.04 Å². The predicted molar refractivity (Wildman–Crippen MR) is 82.0 cm³/mol. The fraction of sp³-hybridized carbons (Fsp3) is 0.562. The van der Waals surface area contributed by atoms with E-state index in [0.29, 0.717) is 31.1 Å². The molecule has 5 nitrogen and oxygen atoms in total. The summed E-state index contributed by atoms with van der Waals surface area (Å²) in [4.78, 5) is 10.9. The smallest absolute Gasteiger partial charge is 0.320 e. The van der Waals surface area contributed by atoms with E-state index in [9.17, 15) is 4.79 Å². The van der Waals surface area contributed by atoms with Gasteiger partial charge in [0.05, 0.1) is 13.2 Å². The highest BCUT2D eigenvalue weighted by Crippen LogP contribution is 2.34. The van der Waals surface area contributed by atoms with E-state index < -0.39 is 12.0 Å². The molecule has 0 aliphatic heterocycles. The number of hydrogen-bond donors (Lipinski definition) is 2. The van der Waals surface area contributed by atoms with Crippen molar-refractivity contribution in [2.24, 2.45) is 5.73 Å². The molecule has 2 unspecified atom stereocenters. The van der Waals surface area contributed by atoms with Gasteiger partial charge in [-0.2, -0.15) is 0 Å². The van der Waals surface area contributed by atoms with Crippen LogP contribution >= 0.6 is 0 Å². The highest BCUT2D eigenvalue weighted by molar-refractivity contribution is 5.73. The first-order valence-corrected chi connectivity index (χ1v) is 7.41. The Kier molecular flexibility index (Phi) is 7.02. The van der Waals surface area contributed by atoms with E-state index >= 15 is 0 Å². The lowest BCUT2D eigenvalue weighted by Crippen LogP contribution is -2.31. The molecule has 21 heavy (non-hydrogen) atoms. The summed E-state index contributed by atoms with van der Waals surface area (Å²) in [5.74, 6) is 0.523. The second-order valence-electron chi connectivity index (χ2n) is 4.86. The molecule has 3 N–H and O–H groups in total. The van der Waals surface area contributed by atoms with Gasteiger partial charge in [-0.25, -0.2) is 0 Å². The van der Waals surface area contributed by atoms with E-state index in [1.165, 1.54) is 0 Å². The van der Waals surface area contributed by atoms with Crippen LogP contribution in [0, 0.1) is 0 Å². The normalized spacial score (nSPS) is 13.5. The molecular weight excluding hydrogens is 270 g/mol. The molecule has 0 amide bonds. The van der Waals surface area contributed by atoms with Gasteiger partial charge in [-0.15, -0.1) is 0 Å². The lowest BCUT2D eigenvalue weighted by Gasteiger charge is -2.20. The van der Waals surface area contributed by atoms with Gasteiger partial charge in [0, 0.05) is 0 Å². The van der Waals surface area contributed by atoms with Gasteiger partial charge in [0.15, 0.2) is 11.5 Å². The number of carboxylic acids is 1. The van der Waals surface area contributed by atoms with Crippen molar-refractivity contribution in [3.63, 3.8) is 0 Å². The second kappa shape index (κ2) is 8.52. The van der Waals surface area contributed by atoms with Gasteiger partial charge in [0.25, 0.3) is 0 Å². The van der Waals surface area contributed by atoms with E-state index in [1.54, 1.807) is 0 Å². The molecule has 1 aromatic rings. The molecule has 0 aliphatic rings. The van der Waals surface area contributed by atoms with Gasteiger partial charge in [-0.1, -0.05) is 13.0 Å². The Balaban J connectivity index is 2.98. The minimum absolute atomic E-state index is 0.0889. The van der Waals surface area contributed by atoms with Gasteiger partial charge < -0.3 is 20.3 Å². The average Bonchev–Trinajstić information content (AvgIpc) is 2.46. The van der Waals surface area contributed by atoms with Crippen LogP contribution in [0.3, 0.4) is 0 Å². The number of ether oxygens (including phenoxy) is 2. The van der Waals surface area contributed by atoms with Crippen molar-refractivity contribution >= 4 is 5.97 Å². The van der Waals surface area contributed by atoms with Crippen LogP contribution in [0.15, 0.2) is 18.2 Å². The van der Waals surface area contributed by atoms with Crippen LogP contribution in [0.1, 0.15) is 45.1 Å². The van der Waals surface area contributed by atoms with Gasteiger partial charge in [-0.3, -0.25) is 4.79 Å². The molecule has 118 valence electrons. The standard InChI is InChI=1S/C16H25NO4/c1-4-11(9-13(17)16(18)19)12-7-8-14(20-5-2)15(10-12)21-6-3/h7-8,10-11,13H,4-6,9,17H2,1-3H3,(H,18,19). The Morgan fingerprint density at radius 2 is 1.81 bits per heavy atom. The molecule has 0 fully saturated rings. The topological polar surface area (TPSA) is 81.8 Å². The number of carbonyl (C=O) groups is 1. The van der Waals surface area contributed by atoms with Crippen molar-refractivity contribution in [2.45, 2.75) is 45.6 Å². The Hall–Kier alpha value is -1.75. The molecule has 0 radical (unpaired) electrons.